The van der Waals surface area contributed by atoms with Crippen molar-refractivity contribution in [3.63, 3.8) is 0 Å². The normalized spacial score (nSPS) is 15.4. The second kappa shape index (κ2) is 6.01. The number of hydrogen-bond donors (Lipinski definition) is 1. The van der Waals surface area contributed by atoms with E-state index in [1.807, 2.05) is 0 Å². The molecule has 0 spiro atoms. The van der Waals surface area contributed by atoms with Gasteiger partial charge in [-0.3, -0.25) is 0 Å². The van der Waals surface area contributed by atoms with Crippen molar-refractivity contribution in [3.05, 3.63) is 0 Å². The van der Waals surface area contributed by atoms with E-state index in [0.29, 0.717) is 18.4 Å². The van der Waals surface area contributed by atoms with Crippen molar-refractivity contribution in [1.29, 1.82) is 0 Å². The molecule has 4 heteroatoms. The summed E-state index contributed by atoms with van der Waals surface area (Å²) in [6.07, 6.45) is 3.03. The molecule has 16 heavy (non-hydrogen) atoms. The van der Waals surface area contributed by atoms with E-state index in [1.165, 1.54) is 6.26 Å². The van der Waals surface area contributed by atoms with Crippen LogP contribution in [-0.2, 0) is 9.84 Å². The highest BCUT2D eigenvalue weighted by molar-refractivity contribution is 7.90. The van der Waals surface area contributed by atoms with Gasteiger partial charge in [0.2, 0.25) is 0 Å². The molecule has 0 aliphatic heterocycles. The van der Waals surface area contributed by atoms with Crippen LogP contribution in [0.2, 0.25) is 0 Å². The van der Waals surface area contributed by atoms with Crippen LogP contribution in [0, 0.1) is 5.92 Å². The van der Waals surface area contributed by atoms with Gasteiger partial charge < -0.3 is 5.32 Å². The first kappa shape index (κ1) is 15.9. The Morgan fingerprint density at radius 3 is 2.06 bits per heavy atom. The standard InChI is InChI=1S/C12H27NO2S/c1-7-11(10(2)3)13-12(4,5)8-9-16(6,14)15/h10-11,13H,7-9H2,1-6H3. The van der Waals surface area contributed by atoms with Gasteiger partial charge in [-0.1, -0.05) is 20.8 Å². The molecule has 0 amide bonds. The Labute approximate surface area is 101 Å². The Morgan fingerprint density at radius 1 is 1.25 bits per heavy atom. The molecule has 0 radical (unpaired) electrons. The Bertz CT molecular complexity index is 294. The molecule has 0 saturated heterocycles. The second-order valence-electron chi connectivity index (χ2n) is 5.67. The van der Waals surface area contributed by atoms with Crippen LogP contribution in [-0.4, -0.2) is 32.0 Å². The predicted molar refractivity (Wildman–Crippen MR) is 70.5 cm³/mol. The van der Waals surface area contributed by atoms with Crippen LogP contribution >= 0.6 is 0 Å². The highest BCUT2D eigenvalue weighted by Crippen LogP contribution is 2.15. The van der Waals surface area contributed by atoms with Gasteiger partial charge in [0.05, 0.1) is 5.75 Å². The topological polar surface area (TPSA) is 46.2 Å². The van der Waals surface area contributed by atoms with Crippen LogP contribution in [0.4, 0.5) is 0 Å². The Balaban J connectivity index is 4.33. The van der Waals surface area contributed by atoms with E-state index >= 15 is 0 Å². The summed E-state index contributed by atoms with van der Waals surface area (Å²) in [5.41, 5.74) is -0.117. The summed E-state index contributed by atoms with van der Waals surface area (Å²) in [4.78, 5) is 0. The third-order valence-electron chi connectivity index (χ3n) is 2.92. The molecule has 1 N–H and O–H groups in total. The molecule has 3 nitrogen and oxygen atoms in total. The van der Waals surface area contributed by atoms with E-state index in [9.17, 15) is 8.42 Å². The van der Waals surface area contributed by atoms with Crippen molar-refractivity contribution in [3.8, 4) is 0 Å². The quantitative estimate of drug-likeness (QED) is 0.752. The van der Waals surface area contributed by atoms with Gasteiger partial charge in [0.1, 0.15) is 9.84 Å². The highest BCUT2D eigenvalue weighted by atomic mass is 32.2. The van der Waals surface area contributed by atoms with Crippen molar-refractivity contribution in [2.24, 2.45) is 5.92 Å². The van der Waals surface area contributed by atoms with Crippen molar-refractivity contribution in [2.45, 2.75) is 59.0 Å². The van der Waals surface area contributed by atoms with Crippen molar-refractivity contribution in [1.82, 2.24) is 5.32 Å². The molecule has 0 aliphatic rings. The molecule has 0 aromatic heterocycles. The number of nitrogens with one attached hydrogen (secondary N) is 1. The second-order valence-corrected chi connectivity index (χ2v) is 7.93. The molecule has 0 aromatic rings. The fourth-order valence-corrected chi connectivity index (χ4v) is 2.64. The molecule has 0 bridgehead atoms. The molecule has 0 saturated carbocycles. The minimum absolute atomic E-state index is 0.117. The molecular formula is C12H27NO2S. The lowest BCUT2D eigenvalue weighted by Gasteiger charge is -2.33. The summed E-state index contributed by atoms with van der Waals surface area (Å²) in [7, 11) is -2.86. The highest BCUT2D eigenvalue weighted by Gasteiger charge is 2.24. The zero-order chi connectivity index (χ0) is 13.0. The summed E-state index contributed by atoms with van der Waals surface area (Å²) in [5, 5.41) is 3.55. The van der Waals surface area contributed by atoms with E-state index in [1.54, 1.807) is 0 Å². The maximum atomic E-state index is 11.1. The van der Waals surface area contributed by atoms with Gasteiger partial charge in [0.15, 0.2) is 0 Å². The van der Waals surface area contributed by atoms with Crippen LogP contribution in [0.5, 0.6) is 0 Å². The predicted octanol–water partition coefficient (Wildman–Crippen LogP) is 2.22. The van der Waals surface area contributed by atoms with Crippen LogP contribution < -0.4 is 5.32 Å². The minimum Gasteiger partial charge on any atom is -0.309 e. The Morgan fingerprint density at radius 2 is 1.75 bits per heavy atom. The number of hydrogen-bond acceptors (Lipinski definition) is 3. The maximum absolute atomic E-state index is 11.1. The van der Waals surface area contributed by atoms with Crippen LogP contribution in [0.15, 0.2) is 0 Å². The van der Waals surface area contributed by atoms with Crippen LogP contribution in [0.3, 0.4) is 0 Å². The van der Waals surface area contributed by atoms with Gasteiger partial charge in [0.25, 0.3) is 0 Å². The summed E-state index contributed by atoms with van der Waals surface area (Å²) < 4.78 is 22.3. The smallest absolute Gasteiger partial charge is 0.147 e. The third kappa shape index (κ3) is 7.23. The van der Waals surface area contributed by atoms with Crippen molar-refractivity contribution < 1.29 is 8.42 Å². The van der Waals surface area contributed by atoms with Gasteiger partial charge in [-0.05, 0) is 32.6 Å². The summed E-state index contributed by atoms with van der Waals surface area (Å²) >= 11 is 0. The number of sulfone groups is 1. The fourth-order valence-electron chi connectivity index (χ4n) is 1.75. The molecule has 1 atom stereocenters. The van der Waals surface area contributed by atoms with E-state index < -0.39 is 9.84 Å². The van der Waals surface area contributed by atoms with Gasteiger partial charge in [-0.2, -0.15) is 0 Å². The lowest BCUT2D eigenvalue weighted by Crippen LogP contribution is -2.48. The molecule has 0 aromatic carbocycles. The summed E-state index contributed by atoms with van der Waals surface area (Å²) in [5.74, 6) is 0.823. The van der Waals surface area contributed by atoms with Gasteiger partial charge in [-0.25, -0.2) is 8.42 Å². The molecular weight excluding hydrogens is 222 g/mol. The average Bonchev–Trinajstić information content (AvgIpc) is 2.10. The van der Waals surface area contributed by atoms with E-state index in [-0.39, 0.29) is 11.3 Å². The summed E-state index contributed by atoms with van der Waals surface area (Å²) in [6, 6.07) is 0.453. The molecule has 0 heterocycles. The Hall–Kier alpha value is -0.0900. The summed E-state index contributed by atoms with van der Waals surface area (Å²) in [6.45, 7) is 10.7. The molecule has 0 fully saturated rings. The van der Waals surface area contributed by atoms with Crippen molar-refractivity contribution in [2.75, 3.05) is 12.0 Å². The van der Waals surface area contributed by atoms with Gasteiger partial charge >= 0.3 is 0 Å². The Kier molecular flexibility index (Phi) is 5.98. The lowest BCUT2D eigenvalue weighted by molar-refractivity contribution is 0.274. The van der Waals surface area contributed by atoms with Crippen molar-refractivity contribution >= 4 is 9.84 Å². The van der Waals surface area contributed by atoms with Crippen LogP contribution in [0.1, 0.15) is 47.5 Å². The molecule has 0 aliphatic carbocycles. The van der Waals surface area contributed by atoms with E-state index in [4.69, 9.17) is 0 Å². The minimum atomic E-state index is -2.86. The zero-order valence-electron chi connectivity index (χ0n) is 11.5. The SMILES string of the molecule is CCC(NC(C)(C)CCS(C)(=O)=O)C(C)C. The maximum Gasteiger partial charge on any atom is 0.147 e. The first-order valence-corrected chi connectivity index (χ1v) is 8.09. The largest absolute Gasteiger partial charge is 0.309 e. The first-order valence-electron chi connectivity index (χ1n) is 6.03. The lowest BCUT2D eigenvalue weighted by atomic mass is 9.95. The molecule has 98 valence electrons. The van der Waals surface area contributed by atoms with E-state index in [2.05, 4.69) is 39.9 Å². The molecule has 1 unspecified atom stereocenters. The van der Waals surface area contributed by atoms with Crippen LogP contribution in [0.25, 0.3) is 0 Å². The first-order chi connectivity index (χ1) is 7.07. The molecule has 0 rings (SSSR count). The average molecular weight is 249 g/mol. The monoisotopic (exact) mass is 249 g/mol. The number of rotatable bonds is 7. The van der Waals surface area contributed by atoms with Gasteiger partial charge in [-0.15, -0.1) is 0 Å². The van der Waals surface area contributed by atoms with Gasteiger partial charge in [0, 0.05) is 17.8 Å². The van der Waals surface area contributed by atoms with E-state index in [0.717, 1.165) is 6.42 Å². The fraction of sp³-hybridized carbons (Fsp3) is 1.00. The zero-order valence-corrected chi connectivity index (χ0v) is 12.3. The third-order valence-corrected chi connectivity index (χ3v) is 3.86.